The van der Waals surface area contributed by atoms with Gasteiger partial charge in [-0.25, -0.2) is 4.68 Å². The lowest BCUT2D eigenvalue weighted by Crippen LogP contribution is -2.15. The van der Waals surface area contributed by atoms with Crippen LogP contribution >= 0.6 is 34.8 Å². The van der Waals surface area contributed by atoms with E-state index in [1.807, 2.05) is 19.9 Å². The first-order chi connectivity index (χ1) is 15.8. The fraction of sp³-hybridized carbons (Fsp3) is 0.174. The Morgan fingerprint density at radius 1 is 1.03 bits per heavy atom. The topological polar surface area (TPSA) is 74.0 Å². The molecule has 0 radical (unpaired) electrons. The SMILES string of the molecule is Cc1nn(Cc2ccc(Cl)cc2Cl)c(C)c1NC(=O)c1ccn(COc2cccc(Cl)c2)n1. The van der Waals surface area contributed by atoms with Gasteiger partial charge in [0.25, 0.3) is 5.91 Å². The molecule has 0 spiro atoms. The molecule has 0 aliphatic heterocycles. The van der Waals surface area contributed by atoms with Gasteiger partial charge in [0, 0.05) is 21.3 Å². The highest BCUT2D eigenvalue weighted by molar-refractivity contribution is 6.35. The van der Waals surface area contributed by atoms with Crippen molar-refractivity contribution in [1.29, 1.82) is 0 Å². The molecule has 2 aromatic heterocycles. The van der Waals surface area contributed by atoms with E-state index in [1.165, 1.54) is 4.68 Å². The normalized spacial score (nSPS) is 10.9. The number of anilines is 1. The number of carbonyl (C=O) groups is 1. The zero-order valence-corrected chi connectivity index (χ0v) is 20.1. The first-order valence-corrected chi connectivity index (χ1v) is 11.1. The Hall–Kier alpha value is -3.00. The van der Waals surface area contributed by atoms with Crippen LogP contribution in [0.3, 0.4) is 0 Å². The molecule has 1 amide bonds. The molecule has 0 fully saturated rings. The highest BCUT2D eigenvalue weighted by Gasteiger charge is 2.18. The number of hydrogen-bond donors (Lipinski definition) is 1. The molecule has 0 aliphatic carbocycles. The number of nitrogens with one attached hydrogen (secondary N) is 1. The van der Waals surface area contributed by atoms with Crippen molar-refractivity contribution in [2.75, 3.05) is 5.32 Å². The predicted molar refractivity (Wildman–Crippen MR) is 130 cm³/mol. The summed E-state index contributed by atoms with van der Waals surface area (Å²) in [6.07, 6.45) is 1.67. The number of ether oxygens (including phenoxy) is 1. The van der Waals surface area contributed by atoms with E-state index >= 15 is 0 Å². The van der Waals surface area contributed by atoms with E-state index in [1.54, 1.807) is 53.3 Å². The highest BCUT2D eigenvalue weighted by atomic mass is 35.5. The van der Waals surface area contributed by atoms with Gasteiger partial charge in [0.2, 0.25) is 0 Å². The monoisotopic (exact) mass is 503 g/mol. The lowest BCUT2D eigenvalue weighted by molar-refractivity contribution is 0.102. The summed E-state index contributed by atoms with van der Waals surface area (Å²) in [7, 11) is 0. The summed E-state index contributed by atoms with van der Waals surface area (Å²) in [6.45, 7) is 4.32. The van der Waals surface area contributed by atoms with Gasteiger partial charge in [-0.1, -0.05) is 46.9 Å². The summed E-state index contributed by atoms with van der Waals surface area (Å²) in [4.78, 5) is 12.8. The maximum Gasteiger partial charge on any atom is 0.276 e. The van der Waals surface area contributed by atoms with Crippen LogP contribution in [0.4, 0.5) is 5.69 Å². The van der Waals surface area contributed by atoms with Crippen LogP contribution in [0.25, 0.3) is 0 Å². The van der Waals surface area contributed by atoms with Gasteiger partial charge in [-0.15, -0.1) is 0 Å². The van der Waals surface area contributed by atoms with Crippen molar-refractivity contribution in [3.63, 3.8) is 0 Å². The zero-order chi connectivity index (χ0) is 23.5. The van der Waals surface area contributed by atoms with Gasteiger partial charge >= 0.3 is 0 Å². The minimum Gasteiger partial charge on any atom is -0.471 e. The second-order valence-electron chi connectivity index (χ2n) is 7.36. The van der Waals surface area contributed by atoms with E-state index in [2.05, 4.69) is 15.5 Å². The van der Waals surface area contributed by atoms with Gasteiger partial charge in [0.1, 0.15) is 5.75 Å². The van der Waals surface area contributed by atoms with E-state index in [9.17, 15) is 4.79 Å². The van der Waals surface area contributed by atoms with Gasteiger partial charge in [-0.05, 0) is 55.8 Å². The smallest absolute Gasteiger partial charge is 0.276 e. The van der Waals surface area contributed by atoms with E-state index in [0.29, 0.717) is 38.7 Å². The summed E-state index contributed by atoms with van der Waals surface area (Å²) < 4.78 is 8.97. The fourth-order valence-electron chi connectivity index (χ4n) is 3.27. The third-order valence-electron chi connectivity index (χ3n) is 4.99. The van der Waals surface area contributed by atoms with Crippen molar-refractivity contribution in [2.24, 2.45) is 0 Å². The number of aryl methyl sites for hydroxylation is 1. The molecule has 170 valence electrons. The van der Waals surface area contributed by atoms with Gasteiger partial charge in [0.15, 0.2) is 12.4 Å². The first-order valence-electron chi connectivity index (χ1n) is 10.0. The highest BCUT2D eigenvalue weighted by Crippen LogP contribution is 2.25. The molecular weight excluding hydrogens is 485 g/mol. The molecule has 10 heteroatoms. The molecule has 1 N–H and O–H groups in total. The van der Waals surface area contributed by atoms with Crippen molar-refractivity contribution in [3.05, 3.63) is 92.4 Å². The van der Waals surface area contributed by atoms with Gasteiger partial charge in [-0.3, -0.25) is 9.48 Å². The number of halogens is 3. The van der Waals surface area contributed by atoms with Gasteiger partial charge < -0.3 is 10.1 Å². The predicted octanol–water partition coefficient (Wildman–Crippen LogP) is 5.99. The van der Waals surface area contributed by atoms with Crippen molar-refractivity contribution in [2.45, 2.75) is 27.1 Å². The molecule has 4 aromatic rings. The molecule has 0 bridgehead atoms. The second kappa shape index (κ2) is 9.87. The quantitative estimate of drug-likeness (QED) is 0.335. The number of nitrogens with zero attached hydrogens (tertiary/aromatic N) is 4. The number of aromatic nitrogens is 4. The van der Waals surface area contributed by atoms with Crippen molar-refractivity contribution >= 4 is 46.4 Å². The second-order valence-corrected chi connectivity index (χ2v) is 8.64. The third kappa shape index (κ3) is 5.50. The van der Waals surface area contributed by atoms with Crippen LogP contribution < -0.4 is 10.1 Å². The van der Waals surface area contributed by atoms with Crippen LogP contribution in [0.2, 0.25) is 15.1 Å². The Bertz CT molecular complexity index is 1320. The van der Waals surface area contributed by atoms with Gasteiger partial charge in [0.05, 0.1) is 23.6 Å². The number of benzene rings is 2. The Labute approximate surface area is 205 Å². The Balaban J connectivity index is 1.43. The van der Waals surface area contributed by atoms with Gasteiger partial charge in [-0.2, -0.15) is 10.2 Å². The van der Waals surface area contributed by atoms with E-state index in [0.717, 1.165) is 11.3 Å². The Morgan fingerprint density at radius 3 is 2.58 bits per heavy atom. The molecule has 7 nitrogen and oxygen atoms in total. The molecule has 0 saturated heterocycles. The third-order valence-corrected chi connectivity index (χ3v) is 5.81. The van der Waals surface area contributed by atoms with Crippen LogP contribution in [-0.4, -0.2) is 25.5 Å². The van der Waals surface area contributed by atoms with E-state index in [-0.39, 0.29) is 18.3 Å². The van der Waals surface area contributed by atoms with Crippen molar-refractivity contribution < 1.29 is 9.53 Å². The number of rotatable bonds is 7. The number of carbonyl (C=O) groups excluding carboxylic acids is 1. The minimum absolute atomic E-state index is 0.144. The molecule has 33 heavy (non-hydrogen) atoms. The van der Waals surface area contributed by atoms with Crippen LogP contribution in [0.5, 0.6) is 5.75 Å². The molecule has 2 heterocycles. The largest absolute Gasteiger partial charge is 0.471 e. The van der Waals surface area contributed by atoms with E-state index in [4.69, 9.17) is 39.5 Å². The summed E-state index contributed by atoms with van der Waals surface area (Å²) in [6, 6.07) is 14.0. The number of amides is 1. The molecule has 0 saturated carbocycles. The maximum absolute atomic E-state index is 12.8. The first kappa shape index (κ1) is 23.2. The standard InChI is InChI=1S/C23H20Cl3N5O2/c1-14-22(15(2)31(28-14)12-16-6-7-18(25)11-20(16)26)27-23(32)21-8-9-30(29-21)13-33-19-5-3-4-17(24)10-19/h3-11H,12-13H2,1-2H3,(H,27,32). The Morgan fingerprint density at radius 2 is 1.82 bits per heavy atom. The summed E-state index contributed by atoms with van der Waals surface area (Å²) in [5.74, 6) is 0.273. The average molecular weight is 505 g/mol. The van der Waals surface area contributed by atoms with Crippen LogP contribution in [0, 0.1) is 13.8 Å². The molecule has 0 atom stereocenters. The Kier molecular flexibility index (Phi) is 6.93. The van der Waals surface area contributed by atoms with Crippen LogP contribution in [0.1, 0.15) is 27.4 Å². The maximum atomic E-state index is 12.8. The molecule has 0 aliphatic rings. The molecule has 2 aromatic carbocycles. The van der Waals surface area contributed by atoms with E-state index < -0.39 is 0 Å². The van der Waals surface area contributed by atoms with Crippen LogP contribution in [0.15, 0.2) is 54.7 Å². The average Bonchev–Trinajstić information content (AvgIpc) is 3.35. The summed E-state index contributed by atoms with van der Waals surface area (Å²) in [5.41, 5.74) is 3.26. The minimum atomic E-state index is -0.341. The molecule has 4 rings (SSSR count). The lowest BCUT2D eigenvalue weighted by Gasteiger charge is -2.08. The summed E-state index contributed by atoms with van der Waals surface area (Å²) in [5, 5.41) is 13.5. The number of hydrogen-bond acceptors (Lipinski definition) is 4. The summed E-state index contributed by atoms with van der Waals surface area (Å²) >= 11 is 18.2. The molecular formula is C23H20Cl3N5O2. The molecule has 0 unspecified atom stereocenters. The fourth-order valence-corrected chi connectivity index (χ4v) is 3.92. The lowest BCUT2D eigenvalue weighted by atomic mass is 10.2. The zero-order valence-electron chi connectivity index (χ0n) is 17.8. The van der Waals surface area contributed by atoms with Crippen molar-refractivity contribution in [1.82, 2.24) is 19.6 Å². The van der Waals surface area contributed by atoms with Crippen molar-refractivity contribution in [3.8, 4) is 5.75 Å². The van der Waals surface area contributed by atoms with Crippen LogP contribution in [-0.2, 0) is 13.3 Å².